The first kappa shape index (κ1) is 24.3. The maximum atomic E-state index is 13.3. The minimum absolute atomic E-state index is 0.0146. The quantitative estimate of drug-likeness (QED) is 0.514. The van der Waals surface area contributed by atoms with Crippen LogP contribution in [0.25, 0.3) is 0 Å². The Morgan fingerprint density at radius 1 is 1.22 bits per heavy atom. The molecule has 1 fully saturated rings. The van der Waals surface area contributed by atoms with Crippen LogP contribution in [0.1, 0.15) is 16.9 Å². The third-order valence-corrected chi connectivity index (χ3v) is 6.81. The van der Waals surface area contributed by atoms with Gasteiger partial charge in [-0.15, -0.1) is 17.9 Å². The molecule has 2 aromatic rings. The fourth-order valence-corrected chi connectivity index (χ4v) is 4.82. The van der Waals surface area contributed by atoms with Crippen molar-refractivity contribution >= 4 is 52.3 Å². The first-order chi connectivity index (χ1) is 15.4. The number of nitrogens with zero attached hydrogens (tertiary/aromatic N) is 2. The fourth-order valence-electron chi connectivity index (χ4n) is 3.62. The number of hydrogen-bond donors (Lipinski definition) is 1. The predicted molar refractivity (Wildman–Crippen MR) is 128 cm³/mol. The van der Waals surface area contributed by atoms with E-state index in [0.29, 0.717) is 42.5 Å². The summed E-state index contributed by atoms with van der Waals surface area (Å²) >= 11 is 13.8. The first-order valence-electron chi connectivity index (χ1n) is 10.3. The Morgan fingerprint density at radius 3 is 2.72 bits per heavy atom. The second-order valence-corrected chi connectivity index (χ2v) is 9.35. The number of piperazine rings is 1. The van der Waals surface area contributed by atoms with Crippen molar-refractivity contribution in [1.82, 2.24) is 15.1 Å². The van der Waals surface area contributed by atoms with Gasteiger partial charge in [-0.3, -0.25) is 14.4 Å². The minimum atomic E-state index is -0.832. The van der Waals surface area contributed by atoms with Crippen LogP contribution in [0.5, 0.6) is 0 Å². The molecule has 0 saturated carbocycles. The largest absolute Gasteiger partial charge is 0.353 e. The molecule has 0 bridgehead atoms. The lowest BCUT2D eigenvalue weighted by Crippen LogP contribution is -2.61. The van der Waals surface area contributed by atoms with Crippen LogP contribution in [0.4, 0.5) is 0 Å². The summed E-state index contributed by atoms with van der Waals surface area (Å²) in [4.78, 5) is 42.8. The molecular weight excluding hydrogens is 469 g/mol. The molecule has 32 heavy (non-hydrogen) atoms. The van der Waals surface area contributed by atoms with Crippen molar-refractivity contribution in [3.63, 3.8) is 0 Å². The monoisotopic (exact) mass is 493 g/mol. The lowest BCUT2D eigenvalue weighted by Gasteiger charge is -2.40. The zero-order chi connectivity index (χ0) is 23.1. The molecule has 1 aliphatic heterocycles. The maximum absolute atomic E-state index is 13.3. The van der Waals surface area contributed by atoms with E-state index in [2.05, 4.69) is 11.9 Å². The summed E-state index contributed by atoms with van der Waals surface area (Å²) in [6.45, 7) is 4.60. The zero-order valence-corrected chi connectivity index (χ0v) is 19.9. The Balaban J connectivity index is 1.72. The van der Waals surface area contributed by atoms with E-state index in [1.165, 1.54) is 4.90 Å². The molecule has 2 heterocycles. The van der Waals surface area contributed by atoms with E-state index in [1.807, 2.05) is 23.6 Å². The molecule has 3 amide bonds. The molecule has 3 rings (SSSR count). The van der Waals surface area contributed by atoms with E-state index in [9.17, 15) is 14.4 Å². The van der Waals surface area contributed by atoms with Gasteiger partial charge in [0, 0.05) is 34.6 Å². The Bertz CT molecular complexity index is 981. The van der Waals surface area contributed by atoms with Crippen LogP contribution >= 0.6 is 34.5 Å². The Hall–Kier alpha value is -2.35. The number of amides is 3. The van der Waals surface area contributed by atoms with Gasteiger partial charge in [0.1, 0.15) is 6.04 Å². The summed E-state index contributed by atoms with van der Waals surface area (Å²) in [6.07, 6.45) is 2.62. The molecule has 170 valence electrons. The lowest BCUT2D eigenvalue weighted by atomic mass is 10.0. The zero-order valence-electron chi connectivity index (χ0n) is 17.6. The molecule has 0 radical (unpaired) electrons. The van der Waals surface area contributed by atoms with Crippen LogP contribution in [-0.2, 0) is 27.2 Å². The number of carbonyl (C=O) groups excluding carboxylic acids is 3. The van der Waals surface area contributed by atoms with Crippen molar-refractivity contribution in [1.29, 1.82) is 0 Å². The van der Waals surface area contributed by atoms with E-state index in [-0.39, 0.29) is 30.7 Å². The highest BCUT2D eigenvalue weighted by Gasteiger charge is 2.40. The average molecular weight is 494 g/mol. The van der Waals surface area contributed by atoms with Crippen molar-refractivity contribution in [2.24, 2.45) is 0 Å². The van der Waals surface area contributed by atoms with Gasteiger partial charge < -0.3 is 15.1 Å². The number of thiophene rings is 1. The van der Waals surface area contributed by atoms with E-state index in [4.69, 9.17) is 23.2 Å². The van der Waals surface area contributed by atoms with Crippen LogP contribution in [0, 0.1) is 0 Å². The van der Waals surface area contributed by atoms with Gasteiger partial charge in [0.25, 0.3) is 0 Å². The number of halogens is 2. The van der Waals surface area contributed by atoms with Crippen LogP contribution < -0.4 is 5.32 Å². The fraction of sp³-hybridized carbons (Fsp3) is 0.348. The van der Waals surface area contributed by atoms with Crippen molar-refractivity contribution in [2.75, 3.05) is 26.2 Å². The SMILES string of the molecule is C=CCNC(=O)CC1C(=O)N(CCc2ccc(Cl)cc2Cl)CC(=O)N1CCc1cccs1. The number of benzene rings is 1. The summed E-state index contributed by atoms with van der Waals surface area (Å²) in [7, 11) is 0. The third-order valence-electron chi connectivity index (χ3n) is 5.29. The normalized spacial score (nSPS) is 16.4. The highest BCUT2D eigenvalue weighted by Crippen LogP contribution is 2.23. The van der Waals surface area contributed by atoms with Crippen molar-refractivity contribution < 1.29 is 14.4 Å². The molecule has 1 aromatic carbocycles. The highest BCUT2D eigenvalue weighted by molar-refractivity contribution is 7.09. The molecule has 1 saturated heterocycles. The Labute approximate surface area is 201 Å². The standard InChI is InChI=1S/C23H25Cl2N3O3S/c1-2-9-26-21(29)14-20-23(31)27(10-7-16-5-6-17(24)13-19(16)25)15-22(30)28(20)11-8-18-4-3-12-32-18/h2-6,12-13,20H,1,7-11,14-15H2,(H,26,29). The maximum Gasteiger partial charge on any atom is 0.246 e. The van der Waals surface area contributed by atoms with Crippen LogP contribution in [0.2, 0.25) is 10.0 Å². The first-order valence-corrected chi connectivity index (χ1v) is 11.9. The van der Waals surface area contributed by atoms with Crippen molar-refractivity contribution in [3.8, 4) is 0 Å². The number of nitrogens with one attached hydrogen (secondary N) is 1. The molecule has 1 aromatic heterocycles. The van der Waals surface area contributed by atoms with E-state index < -0.39 is 6.04 Å². The Morgan fingerprint density at radius 2 is 2.03 bits per heavy atom. The average Bonchev–Trinajstić information content (AvgIpc) is 3.28. The lowest BCUT2D eigenvalue weighted by molar-refractivity contribution is -0.157. The molecule has 0 spiro atoms. The van der Waals surface area contributed by atoms with E-state index >= 15 is 0 Å². The van der Waals surface area contributed by atoms with Gasteiger partial charge >= 0.3 is 0 Å². The summed E-state index contributed by atoms with van der Waals surface area (Å²) < 4.78 is 0. The number of hydrogen-bond acceptors (Lipinski definition) is 4. The molecule has 1 unspecified atom stereocenters. The summed E-state index contributed by atoms with van der Waals surface area (Å²) in [5.74, 6) is -0.681. The molecule has 6 nitrogen and oxygen atoms in total. The van der Waals surface area contributed by atoms with Crippen molar-refractivity contribution in [3.05, 3.63) is 68.9 Å². The second-order valence-electron chi connectivity index (χ2n) is 7.47. The number of carbonyl (C=O) groups is 3. The van der Waals surface area contributed by atoms with Crippen LogP contribution in [-0.4, -0.2) is 59.7 Å². The van der Waals surface area contributed by atoms with Crippen molar-refractivity contribution in [2.45, 2.75) is 25.3 Å². The highest BCUT2D eigenvalue weighted by atomic mass is 35.5. The van der Waals surface area contributed by atoms with Gasteiger partial charge in [0.2, 0.25) is 17.7 Å². The topological polar surface area (TPSA) is 69.7 Å². The van der Waals surface area contributed by atoms with Crippen LogP contribution in [0.3, 0.4) is 0 Å². The van der Waals surface area contributed by atoms with Gasteiger partial charge in [-0.05, 0) is 42.0 Å². The van der Waals surface area contributed by atoms with E-state index in [0.717, 1.165) is 10.4 Å². The van der Waals surface area contributed by atoms with Gasteiger partial charge in [-0.1, -0.05) is 41.4 Å². The molecule has 9 heteroatoms. The van der Waals surface area contributed by atoms with Gasteiger partial charge in [-0.25, -0.2) is 0 Å². The second kappa shape index (κ2) is 11.5. The third kappa shape index (κ3) is 6.34. The van der Waals surface area contributed by atoms with Gasteiger partial charge in [0.15, 0.2) is 0 Å². The number of rotatable bonds is 10. The molecule has 1 atom stereocenters. The molecular formula is C23H25Cl2N3O3S. The Kier molecular flexibility index (Phi) is 8.73. The summed E-state index contributed by atoms with van der Waals surface area (Å²) in [5, 5.41) is 5.73. The molecule has 0 aliphatic carbocycles. The minimum Gasteiger partial charge on any atom is -0.353 e. The summed E-state index contributed by atoms with van der Waals surface area (Å²) in [6, 6.07) is 8.32. The predicted octanol–water partition coefficient (Wildman–Crippen LogP) is 3.57. The van der Waals surface area contributed by atoms with Gasteiger partial charge in [0.05, 0.1) is 13.0 Å². The van der Waals surface area contributed by atoms with Crippen LogP contribution in [0.15, 0.2) is 48.4 Å². The molecule has 1 N–H and O–H groups in total. The smallest absolute Gasteiger partial charge is 0.246 e. The van der Waals surface area contributed by atoms with Gasteiger partial charge in [-0.2, -0.15) is 0 Å². The molecule has 1 aliphatic rings. The summed E-state index contributed by atoms with van der Waals surface area (Å²) in [5.41, 5.74) is 0.844. The van der Waals surface area contributed by atoms with E-state index in [1.54, 1.807) is 34.4 Å².